The van der Waals surface area contributed by atoms with Crippen LogP contribution in [0.15, 0.2) is 158 Å². The third-order valence-corrected chi connectivity index (χ3v) is 16.6. The zero-order valence-electron chi connectivity index (χ0n) is 59.9. The number of phosphoric ester groups is 2. The van der Waals surface area contributed by atoms with Crippen LogP contribution in [-0.4, -0.2) is 95.9 Å². The maximum Gasteiger partial charge on any atom is 0.472 e. The molecule has 552 valence electrons. The van der Waals surface area contributed by atoms with Crippen LogP contribution in [0.1, 0.15) is 265 Å². The first-order valence-corrected chi connectivity index (χ1v) is 39.8. The SMILES string of the molecule is CC/C=C\C/C=C\C/C=C\C/C=C\C/C=C\CCCCCCCCCCCCCC(=O)OCC(O)COP(=O)(O)OCC(O)COP(=O)(O)OCC(COC(=O)CCCCC/C=C\C/C=C\C/C=C\C/C=C\C/C=C\CC)OC(=O)CCCCCCC/C=C\C/C=C\C/C=C\CC. The third kappa shape index (κ3) is 72.2. The lowest BCUT2D eigenvalue weighted by atomic mass is 10.0. The van der Waals surface area contributed by atoms with Crippen LogP contribution >= 0.6 is 15.6 Å². The number of esters is 3. The van der Waals surface area contributed by atoms with Gasteiger partial charge in [0.05, 0.1) is 26.4 Å². The Morgan fingerprint density at radius 1 is 0.289 bits per heavy atom. The van der Waals surface area contributed by atoms with Crippen molar-refractivity contribution in [3.8, 4) is 0 Å². The Kier molecular flexibility index (Phi) is 67.5. The summed E-state index contributed by atoms with van der Waals surface area (Å²) in [7, 11) is -9.81. The topological polar surface area (TPSA) is 231 Å². The Morgan fingerprint density at radius 2 is 0.515 bits per heavy atom. The maximum atomic E-state index is 12.9. The highest BCUT2D eigenvalue weighted by Gasteiger charge is 2.29. The van der Waals surface area contributed by atoms with Crippen molar-refractivity contribution in [2.24, 2.45) is 0 Å². The molecule has 0 aliphatic carbocycles. The van der Waals surface area contributed by atoms with Crippen molar-refractivity contribution in [1.29, 1.82) is 0 Å². The normalized spacial score (nSPS) is 15.0. The smallest absolute Gasteiger partial charge is 0.463 e. The molecule has 97 heavy (non-hydrogen) atoms. The van der Waals surface area contributed by atoms with Crippen LogP contribution in [0, 0.1) is 0 Å². The number of carbonyl (C=O) groups is 3. The maximum absolute atomic E-state index is 12.9. The number of ether oxygens (including phenoxy) is 3. The van der Waals surface area contributed by atoms with Crippen molar-refractivity contribution in [2.75, 3.05) is 39.6 Å². The lowest BCUT2D eigenvalue weighted by molar-refractivity contribution is -0.161. The molecule has 0 radical (unpaired) electrons. The molecule has 5 unspecified atom stereocenters. The molecular formula is C79H130O16P2. The molecule has 0 heterocycles. The number of aliphatic hydroxyl groups excluding tert-OH is 2. The van der Waals surface area contributed by atoms with E-state index < -0.39 is 91.5 Å². The number of hydrogen-bond acceptors (Lipinski definition) is 14. The van der Waals surface area contributed by atoms with Crippen LogP contribution in [0.25, 0.3) is 0 Å². The first-order chi connectivity index (χ1) is 47.2. The number of unbranched alkanes of at least 4 members (excludes halogenated alkanes) is 19. The van der Waals surface area contributed by atoms with E-state index in [1.54, 1.807) is 0 Å². The minimum absolute atomic E-state index is 0.0722. The fourth-order valence-corrected chi connectivity index (χ4v) is 10.8. The number of hydrogen-bond donors (Lipinski definition) is 4. The number of carbonyl (C=O) groups excluding carboxylic acids is 3. The zero-order chi connectivity index (χ0) is 70.9. The van der Waals surface area contributed by atoms with E-state index in [0.29, 0.717) is 19.3 Å². The van der Waals surface area contributed by atoms with Crippen molar-refractivity contribution >= 4 is 33.6 Å². The third-order valence-electron chi connectivity index (χ3n) is 14.7. The minimum Gasteiger partial charge on any atom is -0.463 e. The van der Waals surface area contributed by atoms with E-state index in [1.807, 2.05) is 0 Å². The molecule has 0 amide bonds. The number of phosphoric acid groups is 2. The van der Waals surface area contributed by atoms with Gasteiger partial charge in [-0.2, -0.15) is 0 Å². The van der Waals surface area contributed by atoms with Crippen LogP contribution in [0.4, 0.5) is 0 Å². The summed E-state index contributed by atoms with van der Waals surface area (Å²) >= 11 is 0. The first-order valence-electron chi connectivity index (χ1n) is 36.8. The van der Waals surface area contributed by atoms with E-state index in [0.717, 1.165) is 167 Å². The molecule has 4 N–H and O–H groups in total. The van der Waals surface area contributed by atoms with E-state index in [-0.39, 0.29) is 19.3 Å². The van der Waals surface area contributed by atoms with E-state index >= 15 is 0 Å². The molecule has 0 aliphatic rings. The molecule has 0 rings (SSSR count). The minimum atomic E-state index is -4.95. The van der Waals surface area contributed by atoms with E-state index in [1.165, 1.54) is 38.5 Å². The van der Waals surface area contributed by atoms with E-state index in [9.17, 15) is 43.5 Å². The number of aliphatic hydroxyl groups is 2. The van der Waals surface area contributed by atoms with E-state index in [4.69, 9.17) is 32.3 Å². The molecule has 0 aromatic carbocycles. The summed E-state index contributed by atoms with van der Waals surface area (Å²) in [6.45, 7) is 2.25. The molecule has 0 fully saturated rings. The van der Waals surface area contributed by atoms with Crippen LogP contribution in [0.2, 0.25) is 0 Å². The summed E-state index contributed by atoms with van der Waals surface area (Å²) < 4.78 is 61.0. The predicted octanol–water partition coefficient (Wildman–Crippen LogP) is 21.1. The summed E-state index contributed by atoms with van der Waals surface area (Å²) in [5.41, 5.74) is 0. The van der Waals surface area contributed by atoms with Gasteiger partial charge in [-0.05, 0) is 141 Å². The molecule has 0 saturated heterocycles. The van der Waals surface area contributed by atoms with Gasteiger partial charge in [0, 0.05) is 19.3 Å². The van der Waals surface area contributed by atoms with Gasteiger partial charge in [-0.1, -0.05) is 262 Å². The van der Waals surface area contributed by atoms with Crippen LogP contribution in [0.5, 0.6) is 0 Å². The molecule has 0 aromatic rings. The number of rotatable bonds is 68. The summed E-state index contributed by atoms with van der Waals surface area (Å²) in [5.74, 6) is -1.64. The fraction of sp³-hybridized carbons (Fsp3) is 0.633. The van der Waals surface area contributed by atoms with Crippen molar-refractivity contribution in [2.45, 2.75) is 283 Å². The van der Waals surface area contributed by atoms with Crippen molar-refractivity contribution in [3.05, 3.63) is 158 Å². The second-order valence-corrected chi connectivity index (χ2v) is 26.9. The Morgan fingerprint density at radius 3 is 0.825 bits per heavy atom. The second-order valence-electron chi connectivity index (χ2n) is 23.9. The Labute approximate surface area is 587 Å². The van der Waals surface area contributed by atoms with Crippen LogP contribution in [-0.2, 0) is 55.8 Å². The van der Waals surface area contributed by atoms with Gasteiger partial charge in [-0.25, -0.2) is 9.13 Å². The van der Waals surface area contributed by atoms with Gasteiger partial charge in [0.1, 0.15) is 25.4 Å². The Hall–Kier alpha value is -4.83. The monoisotopic (exact) mass is 1400 g/mol. The first kappa shape index (κ1) is 92.2. The van der Waals surface area contributed by atoms with Gasteiger partial charge in [-0.3, -0.25) is 32.5 Å². The molecule has 0 bridgehead atoms. The molecule has 0 saturated carbocycles. The lowest BCUT2D eigenvalue weighted by Crippen LogP contribution is -2.30. The molecule has 16 nitrogen and oxygen atoms in total. The van der Waals surface area contributed by atoms with Gasteiger partial charge < -0.3 is 34.2 Å². The summed E-state index contributed by atoms with van der Waals surface area (Å²) in [6, 6.07) is 0. The highest BCUT2D eigenvalue weighted by molar-refractivity contribution is 7.47. The van der Waals surface area contributed by atoms with Gasteiger partial charge >= 0.3 is 33.6 Å². The second kappa shape index (κ2) is 71.0. The average molecular weight is 1400 g/mol. The molecule has 0 spiro atoms. The highest BCUT2D eigenvalue weighted by atomic mass is 31.2. The Bertz CT molecular complexity index is 2400. The molecular weight excluding hydrogens is 1270 g/mol. The summed E-state index contributed by atoms with van der Waals surface area (Å²) in [4.78, 5) is 58.5. The molecule has 18 heteroatoms. The Balaban J connectivity index is 4.61. The zero-order valence-corrected chi connectivity index (χ0v) is 61.7. The van der Waals surface area contributed by atoms with Crippen LogP contribution < -0.4 is 0 Å². The summed E-state index contributed by atoms with van der Waals surface area (Å²) in [6.07, 6.45) is 87.2. The average Bonchev–Trinajstić information content (AvgIpc) is 1.86. The van der Waals surface area contributed by atoms with Crippen LogP contribution in [0.3, 0.4) is 0 Å². The van der Waals surface area contributed by atoms with Gasteiger partial charge in [0.25, 0.3) is 0 Å². The van der Waals surface area contributed by atoms with E-state index in [2.05, 4.69) is 179 Å². The van der Waals surface area contributed by atoms with Crippen molar-refractivity contribution < 1.29 is 75.8 Å². The van der Waals surface area contributed by atoms with Gasteiger partial charge in [0.15, 0.2) is 6.10 Å². The molecule has 0 aromatic heterocycles. The number of allylic oxidation sites excluding steroid dienone is 26. The quantitative estimate of drug-likeness (QED) is 0.0146. The fourth-order valence-electron chi connectivity index (χ4n) is 9.23. The summed E-state index contributed by atoms with van der Waals surface area (Å²) in [5, 5.41) is 20.6. The largest absolute Gasteiger partial charge is 0.472 e. The van der Waals surface area contributed by atoms with Gasteiger partial charge in [0.2, 0.25) is 0 Å². The standard InChI is InChI=1S/C79H130O16P2/c1-4-7-10-13-16-19-22-25-28-30-32-33-34-35-36-37-38-39-41-43-45-47-50-53-56-59-62-65-77(82)89-68-74(80)69-91-96(85,86)92-70-75(81)71-93-97(87,88)94-73-76(95-79(84)67-64-61-58-55-52-49-44-27-24-21-18-15-12-9-6-3)72-90-78(83)66-63-60-57-54-51-48-46-42-40-31-29-26-23-20-17-14-11-8-5-2/h7-12,16-21,25-29,32-33,35-36,40,42,44,48,51,74-76,80-81H,4-6,13-15,22-24,30-31,34,37-39,41,43,45-47,49-50,52-73H2,1-3H3,(H,85,86)(H,87,88)/b10-7-,11-8-,12-9-,19-16-,20-17-,21-18-,28-25-,29-26-,33-32-,36-35-,42-40-,44-27-,51-48-. The highest BCUT2D eigenvalue weighted by Crippen LogP contribution is 2.45. The van der Waals surface area contributed by atoms with Crippen molar-refractivity contribution in [3.63, 3.8) is 0 Å². The molecule has 0 aliphatic heterocycles. The molecule has 5 atom stereocenters. The predicted molar refractivity (Wildman–Crippen MR) is 399 cm³/mol. The van der Waals surface area contributed by atoms with Crippen molar-refractivity contribution in [1.82, 2.24) is 0 Å². The van der Waals surface area contributed by atoms with Gasteiger partial charge in [-0.15, -0.1) is 0 Å². The lowest BCUT2D eigenvalue weighted by Gasteiger charge is -2.21.